The molecule has 100 valence electrons. The van der Waals surface area contributed by atoms with E-state index in [0.29, 0.717) is 6.04 Å². The smallest absolute Gasteiger partial charge is 0.0473 e. The van der Waals surface area contributed by atoms with Crippen molar-refractivity contribution in [2.45, 2.75) is 38.8 Å². The zero-order valence-corrected chi connectivity index (χ0v) is 11.6. The summed E-state index contributed by atoms with van der Waals surface area (Å²) in [4.78, 5) is 2.46. The van der Waals surface area contributed by atoms with Crippen molar-refractivity contribution in [3.63, 3.8) is 0 Å². The van der Waals surface area contributed by atoms with E-state index >= 15 is 0 Å². The Bertz CT molecular complexity index is 384. The molecule has 1 aliphatic rings. The van der Waals surface area contributed by atoms with Crippen LogP contribution in [0.15, 0.2) is 24.3 Å². The standard InChI is InChI=1S/C15H24N2O/c1-12-4-6-13(7-5-12)17-14(8-9-18)10-16-11-15(17,2)3/h4-7,14,16,18H,8-11H2,1-3H3. The van der Waals surface area contributed by atoms with E-state index in [4.69, 9.17) is 0 Å². The molecule has 0 aliphatic carbocycles. The molecule has 0 amide bonds. The normalized spacial score (nSPS) is 23.1. The van der Waals surface area contributed by atoms with Gasteiger partial charge in [-0.25, -0.2) is 0 Å². The molecule has 3 nitrogen and oxygen atoms in total. The van der Waals surface area contributed by atoms with Crippen molar-refractivity contribution < 1.29 is 5.11 Å². The van der Waals surface area contributed by atoms with Gasteiger partial charge in [-0.15, -0.1) is 0 Å². The first-order valence-corrected chi connectivity index (χ1v) is 6.72. The van der Waals surface area contributed by atoms with Gasteiger partial charge in [-0.1, -0.05) is 17.7 Å². The lowest BCUT2D eigenvalue weighted by molar-refractivity contribution is 0.241. The Morgan fingerprint density at radius 2 is 2.00 bits per heavy atom. The van der Waals surface area contributed by atoms with Crippen LogP contribution in [0.5, 0.6) is 0 Å². The van der Waals surface area contributed by atoms with Crippen LogP contribution in [0.3, 0.4) is 0 Å². The third-order valence-electron chi connectivity index (χ3n) is 3.73. The van der Waals surface area contributed by atoms with Gasteiger partial charge in [0, 0.05) is 37.0 Å². The molecule has 0 radical (unpaired) electrons. The fourth-order valence-corrected chi connectivity index (χ4v) is 2.86. The van der Waals surface area contributed by atoms with Crippen LogP contribution < -0.4 is 10.2 Å². The van der Waals surface area contributed by atoms with Gasteiger partial charge in [0.2, 0.25) is 0 Å². The van der Waals surface area contributed by atoms with Gasteiger partial charge >= 0.3 is 0 Å². The summed E-state index contributed by atoms with van der Waals surface area (Å²) in [5.74, 6) is 0. The lowest BCUT2D eigenvalue weighted by Gasteiger charge is -2.50. The molecule has 1 atom stereocenters. The Labute approximate surface area is 110 Å². The summed E-state index contributed by atoms with van der Waals surface area (Å²) in [5.41, 5.74) is 2.61. The molecule has 0 saturated carbocycles. The highest BCUT2D eigenvalue weighted by atomic mass is 16.3. The van der Waals surface area contributed by atoms with Crippen LogP contribution in [0.25, 0.3) is 0 Å². The molecule has 18 heavy (non-hydrogen) atoms. The number of aryl methyl sites for hydroxylation is 1. The molecule has 0 aromatic heterocycles. The van der Waals surface area contributed by atoms with Crippen LogP contribution in [0.1, 0.15) is 25.8 Å². The predicted octanol–water partition coefficient (Wildman–Crippen LogP) is 1.93. The lowest BCUT2D eigenvalue weighted by Crippen LogP contribution is -2.63. The second-order valence-corrected chi connectivity index (χ2v) is 5.81. The second-order valence-electron chi connectivity index (χ2n) is 5.81. The van der Waals surface area contributed by atoms with E-state index in [0.717, 1.165) is 19.5 Å². The molecule has 1 heterocycles. The van der Waals surface area contributed by atoms with Crippen LogP contribution in [0, 0.1) is 6.92 Å². The quantitative estimate of drug-likeness (QED) is 0.858. The molecule has 2 rings (SSSR count). The van der Waals surface area contributed by atoms with Crippen molar-refractivity contribution in [2.75, 3.05) is 24.6 Å². The van der Waals surface area contributed by atoms with E-state index < -0.39 is 0 Å². The van der Waals surface area contributed by atoms with Crippen LogP contribution in [-0.2, 0) is 0 Å². The number of aliphatic hydroxyl groups is 1. The van der Waals surface area contributed by atoms with Gasteiger partial charge in [-0.2, -0.15) is 0 Å². The maximum Gasteiger partial charge on any atom is 0.0473 e. The van der Waals surface area contributed by atoms with E-state index in [-0.39, 0.29) is 12.1 Å². The van der Waals surface area contributed by atoms with Crippen molar-refractivity contribution in [1.82, 2.24) is 5.32 Å². The van der Waals surface area contributed by atoms with Crippen molar-refractivity contribution in [2.24, 2.45) is 0 Å². The summed E-state index contributed by atoms with van der Waals surface area (Å²) in [6, 6.07) is 9.05. The van der Waals surface area contributed by atoms with Crippen LogP contribution in [0.2, 0.25) is 0 Å². The number of benzene rings is 1. The van der Waals surface area contributed by atoms with E-state index in [1.807, 2.05) is 0 Å². The highest BCUT2D eigenvalue weighted by Crippen LogP contribution is 2.30. The van der Waals surface area contributed by atoms with Gasteiger partial charge < -0.3 is 15.3 Å². The molecule has 1 aromatic carbocycles. The minimum Gasteiger partial charge on any atom is -0.396 e. The molecule has 1 unspecified atom stereocenters. The van der Waals surface area contributed by atoms with Crippen LogP contribution in [0.4, 0.5) is 5.69 Å². The molecule has 2 N–H and O–H groups in total. The minimum atomic E-state index is 0.0767. The van der Waals surface area contributed by atoms with Crippen LogP contribution in [-0.4, -0.2) is 36.4 Å². The molecule has 3 heteroatoms. The monoisotopic (exact) mass is 248 g/mol. The Kier molecular flexibility index (Phi) is 3.93. The van der Waals surface area contributed by atoms with Gasteiger partial charge in [0.1, 0.15) is 0 Å². The van der Waals surface area contributed by atoms with Crippen molar-refractivity contribution in [3.8, 4) is 0 Å². The van der Waals surface area contributed by atoms with E-state index in [1.165, 1.54) is 11.3 Å². The number of hydrogen-bond acceptors (Lipinski definition) is 3. The zero-order chi connectivity index (χ0) is 13.2. The van der Waals surface area contributed by atoms with Gasteiger partial charge in [0.15, 0.2) is 0 Å². The molecule has 1 aliphatic heterocycles. The maximum atomic E-state index is 9.24. The third kappa shape index (κ3) is 2.68. The molecular weight excluding hydrogens is 224 g/mol. The Morgan fingerprint density at radius 1 is 1.33 bits per heavy atom. The van der Waals surface area contributed by atoms with Crippen molar-refractivity contribution >= 4 is 5.69 Å². The van der Waals surface area contributed by atoms with Gasteiger partial charge in [-0.05, 0) is 39.3 Å². The fraction of sp³-hybridized carbons (Fsp3) is 0.600. The first-order valence-electron chi connectivity index (χ1n) is 6.72. The number of hydrogen-bond donors (Lipinski definition) is 2. The van der Waals surface area contributed by atoms with E-state index in [9.17, 15) is 5.11 Å². The number of aliphatic hydroxyl groups excluding tert-OH is 1. The van der Waals surface area contributed by atoms with Crippen molar-refractivity contribution in [3.05, 3.63) is 29.8 Å². The number of nitrogens with zero attached hydrogens (tertiary/aromatic N) is 1. The largest absolute Gasteiger partial charge is 0.396 e. The summed E-state index contributed by atoms with van der Waals surface area (Å²) in [7, 11) is 0. The van der Waals surface area contributed by atoms with E-state index in [2.05, 4.69) is 55.3 Å². The number of rotatable bonds is 3. The Morgan fingerprint density at radius 3 is 2.61 bits per heavy atom. The third-order valence-corrected chi connectivity index (χ3v) is 3.73. The zero-order valence-electron chi connectivity index (χ0n) is 11.6. The summed E-state index contributed by atoms with van der Waals surface area (Å²) < 4.78 is 0. The van der Waals surface area contributed by atoms with E-state index in [1.54, 1.807) is 0 Å². The summed E-state index contributed by atoms with van der Waals surface area (Å²) in [6.45, 7) is 8.77. The average molecular weight is 248 g/mol. The second kappa shape index (κ2) is 5.29. The molecule has 0 bridgehead atoms. The molecular formula is C15H24N2O. The lowest BCUT2D eigenvalue weighted by atomic mass is 9.93. The Hall–Kier alpha value is -1.06. The highest BCUT2D eigenvalue weighted by Gasteiger charge is 2.35. The minimum absolute atomic E-state index is 0.0767. The summed E-state index contributed by atoms with van der Waals surface area (Å²) >= 11 is 0. The summed E-state index contributed by atoms with van der Waals surface area (Å²) in [6.07, 6.45) is 0.810. The SMILES string of the molecule is Cc1ccc(N2C(CCO)CNCC2(C)C)cc1. The van der Waals surface area contributed by atoms with Gasteiger partial charge in [0.05, 0.1) is 0 Å². The summed E-state index contributed by atoms with van der Waals surface area (Å²) in [5, 5.41) is 12.7. The topological polar surface area (TPSA) is 35.5 Å². The first kappa shape index (κ1) is 13.4. The average Bonchev–Trinajstić information content (AvgIpc) is 2.31. The highest BCUT2D eigenvalue weighted by molar-refractivity contribution is 5.51. The maximum absolute atomic E-state index is 9.24. The van der Waals surface area contributed by atoms with Crippen LogP contribution >= 0.6 is 0 Å². The molecule has 1 fully saturated rings. The fourth-order valence-electron chi connectivity index (χ4n) is 2.86. The van der Waals surface area contributed by atoms with Gasteiger partial charge in [-0.3, -0.25) is 0 Å². The number of nitrogens with one attached hydrogen (secondary N) is 1. The number of piperazine rings is 1. The predicted molar refractivity (Wildman–Crippen MR) is 76.1 cm³/mol. The molecule has 0 spiro atoms. The van der Waals surface area contributed by atoms with Crippen molar-refractivity contribution in [1.29, 1.82) is 0 Å². The van der Waals surface area contributed by atoms with Gasteiger partial charge in [0.25, 0.3) is 0 Å². The Balaban J connectivity index is 2.30. The molecule has 1 aromatic rings. The first-order chi connectivity index (χ1) is 8.54. The molecule has 1 saturated heterocycles. The number of anilines is 1.